The number of hydrogen-bond acceptors (Lipinski definition) is 4. The minimum Gasteiger partial charge on any atom is -0.478 e. The van der Waals surface area contributed by atoms with E-state index in [0.717, 1.165) is 22.9 Å². The largest absolute Gasteiger partial charge is 0.478 e. The van der Waals surface area contributed by atoms with Crippen LogP contribution in [0.5, 0.6) is 0 Å². The number of carbonyl (C=O) groups excluding carboxylic acids is 2. The lowest BCUT2D eigenvalue weighted by Gasteiger charge is -2.14. The third-order valence-corrected chi connectivity index (χ3v) is 4.83. The minimum atomic E-state index is -1.01. The minimum absolute atomic E-state index is 0.171. The second-order valence-corrected chi connectivity index (χ2v) is 6.61. The summed E-state index contributed by atoms with van der Waals surface area (Å²) in [6.45, 7) is 2.18. The molecule has 1 saturated heterocycles. The molecule has 0 saturated carbocycles. The summed E-state index contributed by atoms with van der Waals surface area (Å²) in [5.41, 5.74) is 2.79. The van der Waals surface area contributed by atoms with Crippen LogP contribution in [-0.2, 0) is 11.3 Å². The van der Waals surface area contributed by atoms with Crippen LogP contribution in [0.1, 0.15) is 27.0 Å². The Bertz CT molecular complexity index is 887. The van der Waals surface area contributed by atoms with Gasteiger partial charge in [-0.2, -0.15) is 0 Å². The maximum absolute atomic E-state index is 12.5. The van der Waals surface area contributed by atoms with Crippen molar-refractivity contribution >= 4 is 35.0 Å². The molecule has 126 valence electrons. The lowest BCUT2D eigenvalue weighted by Crippen LogP contribution is -2.27. The van der Waals surface area contributed by atoms with E-state index in [1.54, 1.807) is 18.2 Å². The number of thioether (sulfide) groups is 1. The van der Waals surface area contributed by atoms with Gasteiger partial charge in [-0.15, -0.1) is 0 Å². The molecule has 2 amide bonds. The maximum atomic E-state index is 12.5. The van der Waals surface area contributed by atoms with Gasteiger partial charge in [-0.1, -0.05) is 36.4 Å². The zero-order chi connectivity index (χ0) is 18.0. The number of aryl methyl sites for hydroxylation is 1. The molecule has 1 fully saturated rings. The summed E-state index contributed by atoms with van der Waals surface area (Å²) in [5, 5.41) is 8.60. The molecule has 0 aromatic heterocycles. The number of imide groups is 1. The molecule has 0 atom stereocenters. The highest BCUT2D eigenvalue weighted by Gasteiger charge is 2.35. The molecule has 0 aliphatic carbocycles. The highest BCUT2D eigenvalue weighted by Crippen LogP contribution is 2.33. The Morgan fingerprint density at radius 1 is 1.12 bits per heavy atom. The van der Waals surface area contributed by atoms with Crippen molar-refractivity contribution in [3.63, 3.8) is 0 Å². The van der Waals surface area contributed by atoms with Crippen LogP contribution in [0.15, 0.2) is 53.4 Å². The molecule has 0 radical (unpaired) electrons. The molecule has 1 heterocycles. The highest BCUT2D eigenvalue weighted by molar-refractivity contribution is 8.18. The van der Waals surface area contributed by atoms with E-state index in [1.165, 1.54) is 17.0 Å². The lowest BCUT2D eigenvalue weighted by molar-refractivity contribution is -0.123. The van der Waals surface area contributed by atoms with E-state index in [9.17, 15) is 14.4 Å². The number of carbonyl (C=O) groups is 3. The van der Waals surface area contributed by atoms with Gasteiger partial charge in [-0.3, -0.25) is 14.5 Å². The zero-order valence-corrected chi connectivity index (χ0v) is 14.2. The van der Waals surface area contributed by atoms with Gasteiger partial charge in [0.25, 0.3) is 11.1 Å². The van der Waals surface area contributed by atoms with Gasteiger partial charge in [0.1, 0.15) is 0 Å². The number of nitrogens with zero attached hydrogens (tertiary/aromatic N) is 1. The van der Waals surface area contributed by atoms with Crippen molar-refractivity contribution < 1.29 is 19.5 Å². The monoisotopic (exact) mass is 353 g/mol. The topological polar surface area (TPSA) is 74.7 Å². The average molecular weight is 353 g/mol. The van der Waals surface area contributed by atoms with Crippen LogP contribution in [0, 0.1) is 6.92 Å². The second kappa shape index (κ2) is 6.94. The summed E-state index contributed by atoms with van der Waals surface area (Å²) in [4.78, 5) is 37.2. The molecular weight excluding hydrogens is 338 g/mol. The summed E-state index contributed by atoms with van der Waals surface area (Å²) in [6, 6.07) is 13.8. The van der Waals surface area contributed by atoms with Crippen LogP contribution >= 0.6 is 11.8 Å². The first kappa shape index (κ1) is 17.0. The first-order valence-electron chi connectivity index (χ1n) is 7.59. The fourth-order valence-corrected chi connectivity index (χ4v) is 3.31. The first-order chi connectivity index (χ1) is 12.0. The van der Waals surface area contributed by atoms with Gasteiger partial charge in [-0.25, -0.2) is 4.79 Å². The van der Waals surface area contributed by atoms with Crippen molar-refractivity contribution in [2.45, 2.75) is 13.5 Å². The fourth-order valence-electron chi connectivity index (χ4n) is 2.47. The van der Waals surface area contributed by atoms with Gasteiger partial charge in [0, 0.05) is 0 Å². The Morgan fingerprint density at radius 3 is 2.44 bits per heavy atom. The number of carboxylic acids is 1. The SMILES string of the molecule is Cc1ccccc1CN1C(=O)S/C(=C\c2ccc(C(=O)O)cc2)C1=O. The number of rotatable bonds is 4. The van der Waals surface area contributed by atoms with Crippen molar-refractivity contribution in [1.82, 2.24) is 4.90 Å². The molecule has 0 spiro atoms. The summed E-state index contributed by atoms with van der Waals surface area (Å²) in [6.07, 6.45) is 1.61. The standard InChI is InChI=1S/C19H15NO4S/c1-12-4-2-3-5-15(12)11-20-17(21)16(25-19(20)24)10-13-6-8-14(9-7-13)18(22)23/h2-10H,11H2,1H3,(H,22,23)/b16-10-. The lowest BCUT2D eigenvalue weighted by atomic mass is 10.1. The molecule has 5 nitrogen and oxygen atoms in total. The summed E-state index contributed by atoms with van der Waals surface area (Å²) >= 11 is 0.894. The average Bonchev–Trinajstić information content (AvgIpc) is 2.85. The number of carboxylic acid groups (broad SMARTS) is 1. The van der Waals surface area contributed by atoms with E-state index in [2.05, 4.69) is 0 Å². The summed E-state index contributed by atoms with van der Waals surface area (Å²) in [5.74, 6) is -1.34. The molecule has 25 heavy (non-hydrogen) atoms. The van der Waals surface area contributed by atoms with Crippen molar-refractivity contribution in [3.05, 3.63) is 75.7 Å². The predicted molar refractivity (Wildman–Crippen MR) is 96.1 cm³/mol. The van der Waals surface area contributed by atoms with Crippen LogP contribution in [-0.4, -0.2) is 27.1 Å². The van der Waals surface area contributed by atoms with Crippen molar-refractivity contribution in [2.24, 2.45) is 0 Å². The van der Waals surface area contributed by atoms with Gasteiger partial charge in [0.05, 0.1) is 17.0 Å². The van der Waals surface area contributed by atoms with Crippen molar-refractivity contribution in [1.29, 1.82) is 0 Å². The van der Waals surface area contributed by atoms with Crippen LogP contribution in [0.4, 0.5) is 4.79 Å². The molecule has 1 aliphatic rings. The number of hydrogen-bond donors (Lipinski definition) is 1. The Labute approximate surface area is 149 Å². The van der Waals surface area contributed by atoms with Gasteiger partial charge < -0.3 is 5.11 Å². The van der Waals surface area contributed by atoms with E-state index >= 15 is 0 Å². The number of aromatic carboxylic acids is 1. The van der Waals surface area contributed by atoms with Crippen LogP contribution in [0.25, 0.3) is 6.08 Å². The predicted octanol–water partition coefficient (Wildman–Crippen LogP) is 3.93. The van der Waals surface area contributed by atoms with Crippen LogP contribution in [0.2, 0.25) is 0 Å². The fraction of sp³-hybridized carbons (Fsp3) is 0.105. The van der Waals surface area contributed by atoms with Crippen LogP contribution in [0.3, 0.4) is 0 Å². The molecule has 0 unspecified atom stereocenters. The van der Waals surface area contributed by atoms with E-state index in [-0.39, 0.29) is 23.3 Å². The molecule has 0 bridgehead atoms. The van der Waals surface area contributed by atoms with Crippen molar-refractivity contribution in [3.8, 4) is 0 Å². The third-order valence-electron chi connectivity index (χ3n) is 3.92. The summed E-state index contributed by atoms with van der Waals surface area (Å²) < 4.78 is 0. The molecule has 1 aliphatic heterocycles. The molecular formula is C19H15NO4S. The quantitative estimate of drug-likeness (QED) is 0.843. The van der Waals surface area contributed by atoms with Gasteiger partial charge >= 0.3 is 5.97 Å². The number of amides is 2. The first-order valence-corrected chi connectivity index (χ1v) is 8.40. The molecule has 3 rings (SSSR count). The Morgan fingerprint density at radius 2 is 1.80 bits per heavy atom. The van der Waals surface area contributed by atoms with E-state index in [0.29, 0.717) is 10.5 Å². The second-order valence-electron chi connectivity index (χ2n) is 5.62. The molecule has 1 N–H and O–H groups in total. The smallest absolute Gasteiger partial charge is 0.335 e. The normalized spacial score (nSPS) is 15.9. The van der Waals surface area contributed by atoms with Gasteiger partial charge in [0.2, 0.25) is 0 Å². The Hall–Kier alpha value is -2.86. The summed E-state index contributed by atoms with van der Waals surface area (Å²) in [7, 11) is 0. The highest BCUT2D eigenvalue weighted by atomic mass is 32.2. The van der Waals surface area contributed by atoms with Gasteiger partial charge in [0.15, 0.2) is 0 Å². The Balaban J connectivity index is 1.81. The maximum Gasteiger partial charge on any atom is 0.335 e. The zero-order valence-electron chi connectivity index (χ0n) is 13.4. The van der Waals surface area contributed by atoms with E-state index < -0.39 is 5.97 Å². The third kappa shape index (κ3) is 3.64. The Kier molecular flexibility index (Phi) is 4.72. The van der Waals surface area contributed by atoms with E-state index in [4.69, 9.17) is 5.11 Å². The van der Waals surface area contributed by atoms with Gasteiger partial charge in [-0.05, 0) is 53.6 Å². The molecule has 6 heteroatoms. The van der Waals surface area contributed by atoms with Crippen molar-refractivity contribution in [2.75, 3.05) is 0 Å². The van der Waals surface area contributed by atoms with Crippen LogP contribution < -0.4 is 0 Å². The number of benzene rings is 2. The molecule has 2 aromatic carbocycles. The van der Waals surface area contributed by atoms with E-state index in [1.807, 2.05) is 31.2 Å². The molecule has 2 aromatic rings.